The van der Waals surface area contributed by atoms with E-state index in [1.165, 1.54) is 0 Å². The molecule has 24 heavy (non-hydrogen) atoms. The molecule has 14 heteroatoms. The SMILES string of the molecule is O=S1(=O)CC2(CCOS(=O)(=O)OC2)CC(C2COS(=O)(=O)OC2)O1. The molecule has 2 unspecified atom stereocenters. The zero-order valence-corrected chi connectivity index (χ0v) is 14.8. The summed E-state index contributed by atoms with van der Waals surface area (Å²) in [6.45, 7) is -1.14. The summed E-state index contributed by atoms with van der Waals surface area (Å²) in [5, 5.41) is 0. The molecule has 3 aliphatic rings. The van der Waals surface area contributed by atoms with Gasteiger partial charge in [-0.25, -0.2) is 16.7 Å². The minimum Gasteiger partial charge on any atom is -0.266 e. The van der Waals surface area contributed by atoms with E-state index in [2.05, 4.69) is 12.5 Å². The predicted octanol–water partition coefficient (Wildman–Crippen LogP) is -1.32. The summed E-state index contributed by atoms with van der Waals surface area (Å²) in [4.78, 5) is 0. The molecular weight excluding hydrogens is 392 g/mol. The van der Waals surface area contributed by atoms with E-state index in [1.807, 2.05) is 0 Å². The van der Waals surface area contributed by atoms with E-state index in [1.54, 1.807) is 0 Å². The van der Waals surface area contributed by atoms with Gasteiger partial charge in [-0.1, -0.05) is 0 Å². The Morgan fingerprint density at radius 3 is 2.12 bits per heavy atom. The van der Waals surface area contributed by atoms with Crippen LogP contribution in [-0.4, -0.2) is 63.5 Å². The van der Waals surface area contributed by atoms with Crippen LogP contribution < -0.4 is 0 Å². The summed E-state index contributed by atoms with van der Waals surface area (Å²) in [5.74, 6) is -1.05. The Morgan fingerprint density at radius 2 is 1.46 bits per heavy atom. The van der Waals surface area contributed by atoms with Crippen LogP contribution in [0.1, 0.15) is 12.8 Å². The van der Waals surface area contributed by atoms with Crippen molar-refractivity contribution in [2.75, 3.05) is 32.2 Å². The molecule has 11 nitrogen and oxygen atoms in total. The van der Waals surface area contributed by atoms with E-state index in [0.29, 0.717) is 0 Å². The maximum absolute atomic E-state index is 12.1. The molecule has 0 aliphatic carbocycles. The molecule has 0 aromatic rings. The van der Waals surface area contributed by atoms with Crippen LogP contribution in [0.3, 0.4) is 0 Å². The van der Waals surface area contributed by atoms with Crippen LogP contribution >= 0.6 is 0 Å². The maximum atomic E-state index is 12.1. The quantitative estimate of drug-likeness (QED) is 0.476. The molecule has 3 rings (SSSR count). The fourth-order valence-electron chi connectivity index (χ4n) is 2.94. The molecule has 1 spiro atoms. The topological polar surface area (TPSA) is 149 Å². The monoisotopic (exact) mass is 408 g/mol. The van der Waals surface area contributed by atoms with Gasteiger partial charge in [0.05, 0.1) is 38.3 Å². The Balaban J connectivity index is 1.80. The molecule has 3 fully saturated rings. The van der Waals surface area contributed by atoms with Gasteiger partial charge in [0.2, 0.25) is 0 Å². The van der Waals surface area contributed by atoms with E-state index in [0.717, 1.165) is 0 Å². The van der Waals surface area contributed by atoms with E-state index < -0.39 is 54.1 Å². The molecule has 0 saturated carbocycles. The molecule has 3 saturated heterocycles. The third-order valence-corrected chi connectivity index (χ3v) is 7.35. The minimum atomic E-state index is -4.15. The fraction of sp³-hybridized carbons (Fsp3) is 1.00. The van der Waals surface area contributed by atoms with Gasteiger partial charge in [-0.2, -0.15) is 25.3 Å². The molecule has 0 aromatic heterocycles. The van der Waals surface area contributed by atoms with Gasteiger partial charge in [0.25, 0.3) is 10.1 Å². The van der Waals surface area contributed by atoms with Gasteiger partial charge in [-0.15, -0.1) is 0 Å². The number of rotatable bonds is 1. The summed E-state index contributed by atoms with van der Waals surface area (Å²) in [6, 6.07) is 0. The summed E-state index contributed by atoms with van der Waals surface area (Å²) in [5.41, 5.74) is -1.01. The lowest BCUT2D eigenvalue weighted by Crippen LogP contribution is -2.50. The highest BCUT2D eigenvalue weighted by Crippen LogP contribution is 2.41. The van der Waals surface area contributed by atoms with Gasteiger partial charge >= 0.3 is 20.8 Å². The van der Waals surface area contributed by atoms with Gasteiger partial charge < -0.3 is 0 Å². The zero-order valence-electron chi connectivity index (χ0n) is 12.3. The maximum Gasteiger partial charge on any atom is 0.399 e. The highest BCUT2D eigenvalue weighted by atomic mass is 32.3. The fourth-order valence-corrected chi connectivity index (χ4v) is 6.21. The molecule has 140 valence electrons. The van der Waals surface area contributed by atoms with Crippen LogP contribution in [0.25, 0.3) is 0 Å². The first-order valence-electron chi connectivity index (χ1n) is 6.98. The molecule has 3 heterocycles. The lowest BCUT2D eigenvalue weighted by molar-refractivity contribution is -0.0140. The lowest BCUT2D eigenvalue weighted by atomic mass is 9.79. The molecule has 3 aliphatic heterocycles. The molecule has 0 bridgehead atoms. The van der Waals surface area contributed by atoms with Crippen molar-refractivity contribution in [2.24, 2.45) is 11.3 Å². The van der Waals surface area contributed by atoms with E-state index in [-0.39, 0.29) is 39.3 Å². The van der Waals surface area contributed by atoms with Crippen molar-refractivity contribution in [1.29, 1.82) is 0 Å². The van der Waals surface area contributed by atoms with Gasteiger partial charge in [0.15, 0.2) is 0 Å². The van der Waals surface area contributed by atoms with Crippen LogP contribution in [0.5, 0.6) is 0 Å². The summed E-state index contributed by atoms with van der Waals surface area (Å²) >= 11 is 0. The lowest BCUT2D eigenvalue weighted by Gasteiger charge is -2.41. The highest BCUT2D eigenvalue weighted by molar-refractivity contribution is 7.86. The van der Waals surface area contributed by atoms with Crippen LogP contribution in [0.15, 0.2) is 0 Å². The summed E-state index contributed by atoms with van der Waals surface area (Å²) in [7, 11) is -12.2. The Morgan fingerprint density at radius 1 is 0.833 bits per heavy atom. The average Bonchev–Trinajstić information content (AvgIpc) is 2.56. The first-order chi connectivity index (χ1) is 11.0. The second-order valence-electron chi connectivity index (χ2n) is 6.02. The Kier molecular flexibility index (Phi) is 4.70. The Bertz CT molecular complexity index is 785. The third-order valence-electron chi connectivity index (χ3n) is 4.14. The first-order valence-corrected chi connectivity index (χ1v) is 11.2. The van der Waals surface area contributed by atoms with Crippen molar-refractivity contribution in [2.45, 2.75) is 18.9 Å². The molecule has 0 radical (unpaired) electrons. The van der Waals surface area contributed by atoms with Crippen molar-refractivity contribution >= 4 is 30.9 Å². The second-order valence-corrected chi connectivity index (χ2v) is 10.2. The molecule has 0 N–H and O–H groups in total. The summed E-state index contributed by atoms with van der Waals surface area (Å²) < 4.78 is 92.7. The summed E-state index contributed by atoms with van der Waals surface area (Å²) in [6.07, 6.45) is -0.635. The second kappa shape index (κ2) is 6.12. The Hall–Kier alpha value is -0.350. The minimum absolute atomic E-state index is 0.137. The molecule has 0 aromatic carbocycles. The van der Waals surface area contributed by atoms with E-state index in [9.17, 15) is 25.3 Å². The van der Waals surface area contributed by atoms with Gasteiger partial charge in [-0.3, -0.25) is 4.18 Å². The van der Waals surface area contributed by atoms with Crippen molar-refractivity contribution in [3.05, 3.63) is 0 Å². The van der Waals surface area contributed by atoms with Gasteiger partial charge in [0.1, 0.15) is 0 Å². The highest BCUT2D eigenvalue weighted by Gasteiger charge is 2.49. The van der Waals surface area contributed by atoms with Crippen LogP contribution in [-0.2, 0) is 51.8 Å². The largest absolute Gasteiger partial charge is 0.399 e. The van der Waals surface area contributed by atoms with Crippen LogP contribution in [0.4, 0.5) is 0 Å². The van der Waals surface area contributed by atoms with Crippen molar-refractivity contribution in [3.63, 3.8) is 0 Å². The zero-order chi connectivity index (χ0) is 17.6. The van der Waals surface area contributed by atoms with Gasteiger partial charge in [-0.05, 0) is 12.8 Å². The predicted molar refractivity (Wildman–Crippen MR) is 75.5 cm³/mol. The first kappa shape index (κ1) is 18.4. The van der Waals surface area contributed by atoms with E-state index in [4.69, 9.17) is 8.37 Å². The van der Waals surface area contributed by atoms with Crippen LogP contribution in [0, 0.1) is 11.3 Å². The molecule has 2 atom stereocenters. The van der Waals surface area contributed by atoms with Gasteiger partial charge in [0, 0.05) is 11.3 Å². The average molecular weight is 408 g/mol. The molecule has 0 amide bonds. The third kappa shape index (κ3) is 4.24. The smallest absolute Gasteiger partial charge is 0.266 e. The van der Waals surface area contributed by atoms with Crippen molar-refractivity contribution in [1.82, 2.24) is 0 Å². The number of hydrogen-bond acceptors (Lipinski definition) is 11. The van der Waals surface area contributed by atoms with Crippen molar-refractivity contribution < 1.29 is 46.2 Å². The van der Waals surface area contributed by atoms with E-state index >= 15 is 0 Å². The normalized spacial score (nSPS) is 39.2. The van der Waals surface area contributed by atoms with Crippen molar-refractivity contribution in [3.8, 4) is 0 Å². The van der Waals surface area contributed by atoms with Crippen LogP contribution in [0.2, 0.25) is 0 Å². The molecular formula is C10H16O11S3. The Labute approximate surface area is 139 Å². The standard InChI is InChI=1S/C10H16O11S3/c11-22(12)7-10(1-2-17-23(13,14)20-6-10)3-9(21-22)8-4-18-24(15,16)19-5-8/h8-9H,1-7H2. The number of hydrogen-bond donors (Lipinski definition) is 0.